The van der Waals surface area contributed by atoms with Crippen molar-refractivity contribution in [3.05, 3.63) is 0 Å². The molecule has 1 aliphatic heterocycles. The molecule has 0 aromatic heterocycles. The van der Waals surface area contributed by atoms with Gasteiger partial charge in [-0.1, -0.05) is 0 Å². The van der Waals surface area contributed by atoms with Crippen LogP contribution in [0.15, 0.2) is 0 Å². The molecule has 0 saturated carbocycles. The standard InChI is InChI=1S/C8H13F3N2OS/c1-12-2-4-13(5-3-12)7(14)6-15-8(9,10)11/h2-6H2,1H3. The van der Waals surface area contributed by atoms with Crippen LogP contribution in [0, 0.1) is 0 Å². The van der Waals surface area contributed by atoms with Crippen LogP contribution in [0.25, 0.3) is 0 Å². The molecular formula is C8H13F3N2OS. The number of hydrogen-bond acceptors (Lipinski definition) is 3. The smallest absolute Gasteiger partial charge is 0.339 e. The number of amides is 1. The monoisotopic (exact) mass is 242 g/mol. The van der Waals surface area contributed by atoms with Crippen LogP contribution in [0.5, 0.6) is 0 Å². The number of halogens is 3. The van der Waals surface area contributed by atoms with Crippen LogP contribution in [0.2, 0.25) is 0 Å². The van der Waals surface area contributed by atoms with E-state index in [0.29, 0.717) is 13.1 Å². The predicted octanol–water partition coefficient (Wildman–Crippen LogP) is 1.01. The van der Waals surface area contributed by atoms with Gasteiger partial charge in [-0.05, 0) is 18.8 Å². The molecule has 0 atom stereocenters. The van der Waals surface area contributed by atoms with Crippen molar-refractivity contribution in [1.29, 1.82) is 0 Å². The number of alkyl halides is 3. The number of hydrogen-bond donors (Lipinski definition) is 0. The van der Waals surface area contributed by atoms with Gasteiger partial charge < -0.3 is 9.80 Å². The number of nitrogens with zero attached hydrogens (tertiary/aromatic N) is 2. The molecule has 1 heterocycles. The van der Waals surface area contributed by atoms with Crippen molar-refractivity contribution in [2.24, 2.45) is 0 Å². The quantitative estimate of drug-likeness (QED) is 0.722. The summed E-state index contributed by atoms with van der Waals surface area (Å²) in [6, 6.07) is 0. The van der Waals surface area contributed by atoms with Crippen LogP contribution in [0.4, 0.5) is 13.2 Å². The molecule has 3 nitrogen and oxygen atoms in total. The summed E-state index contributed by atoms with van der Waals surface area (Å²) in [6.07, 6.45) is 0. The summed E-state index contributed by atoms with van der Waals surface area (Å²) < 4.78 is 35.5. The van der Waals surface area contributed by atoms with Gasteiger partial charge in [-0.15, -0.1) is 0 Å². The van der Waals surface area contributed by atoms with Crippen molar-refractivity contribution in [2.45, 2.75) is 5.51 Å². The van der Waals surface area contributed by atoms with Gasteiger partial charge in [-0.3, -0.25) is 4.79 Å². The first kappa shape index (κ1) is 12.6. The van der Waals surface area contributed by atoms with Crippen LogP contribution in [-0.2, 0) is 4.79 Å². The van der Waals surface area contributed by atoms with E-state index in [1.165, 1.54) is 4.90 Å². The van der Waals surface area contributed by atoms with Gasteiger partial charge in [-0.2, -0.15) is 13.2 Å². The van der Waals surface area contributed by atoms with Crippen molar-refractivity contribution in [2.75, 3.05) is 39.0 Å². The van der Waals surface area contributed by atoms with Crippen LogP contribution < -0.4 is 0 Å². The SMILES string of the molecule is CN1CCN(C(=O)CSC(F)(F)F)CC1. The number of likely N-dealkylation sites (N-methyl/N-ethyl adjacent to an activating group) is 1. The molecule has 0 radical (unpaired) electrons. The molecule has 0 aromatic rings. The van der Waals surface area contributed by atoms with Gasteiger partial charge in [0.15, 0.2) is 0 Å². The van der Waals surface area contributed by atoms with Gasteiger partial charge in [0.05, 0.1) is 5.75 Å². The average molecular weight is 242 g/mol. The fourth-order valence-corrected chi connectivity index (χ4v) is 1.76. The summed E-state index contributed by atoms with van der Waals surface area (Å²) in [5, 5.41) is 0. The van der Waals surface area contributed by atoms with E-state index < -0.39 is 17.2 Å². The molecule has 0 spiro atoms. The Bertz CT molecular complexity index is 226. The highest BCUT2D eigenvalue weighted by atomic mass is 32.2. The van der Waals surface area contributed by atoms with E-state index >= 15 is 0 Å². The van der Waals surface area contributed by atoms with E-state index in [2.05, 4.69) is 0 Å². The third kappa shape index (κ3) is 4.74. The minimum absolute atomic E-state index is 0.269. The number of rotatable bonds is 2. The maximum Gasteiger partial charge on any atom is 0.442 e. The third-order valence-corrected chi connectivity index (χ3v) is 2.93. The topological polar surface area (TPSA) is 23.6 Å². The fourth-order valence-electron chi connectivity index (χ4n) is 1.29. The van der Waals surface area contributed by atoms with Crippen molar-refractivity contribution in [3.8, 4) is 0 Å². The molecule has 0 unspecified atom stereocenters. The first-order chi connectivity index (χ1) is 6.88. The summed E-state index contributed by atoms with van der Waals surface area (Å²) in [6.45, 7) is 2.49. The fraction of sp³-hybridized carbons (Fsp3) is 0.875. The predicted molar refractivity (Wildman–Crippen MR) is 52.6 cm³/mol. The Balaban J connectivity index is 2.29. The zero-order valence-corrected chi connectivity index (χ0v) is 9.20. The molecule has 0 N–H and O–H groups in total. The molecule has 0 aromatic carbocycles. The van der Waals surface area contributed by atoms with E-state index in [-0.39, 0.29) is 11.8 Å². The average Bonchev–Trinajstić information content (AvgIpc) is 2.14. The molecule has 1 fully saturated rings. The van der Waals surface area contributed by atoms with E-state index in [9.17, 15) is 18.0 Å². The Hall–Kier alpha value is -0.430. The molecular weight excluding hydrogens is 229 g/mol. The molecule has 1 rings (SSSR count). The molecule has 1 aliphatic rings. The minimum atomic E-state index is -4.32. The Morgan fingerprint density at radius 1 is 1.27 bits per heavy atom. The first-order valence-corrected chi connectivity index (χ1v) is 5.54. The molecule has 0 bridgehead atoms. The Morgan fingerprint density at radius 2 is 1.80 bits per heavy atom. The maximum absolute atomic E-state index is 11.8. The summed E-state index contributed by atoms with van der Waals surface area (Å²) in [7, 11) is 1.92. The number of carbonyl (C=O) groups excluding carboxylic acids is 1. The zero-order valence-electron chi connectivity index (χ0n) is 8.38. The third-order valence-electron chi connectivity index (χ3n) is 2.22. The lowest BCUT2D eigenvalue weighted by molar-refractivity contribution is -0.130. The molecule has 1 saturated heterocycles. The molecule has 7 heteroatoms. The zero-order chi connectivity index (χ0) is 11.5. The van der Waals surface area contributed by atoms with Crippen molar-refractivity contribution in [1.82, 2.24) is 9.80 Å². The lowest BCUT2D eigenvalue weighted by Gasteiger charge is -2.32. The van der Waals surface area contributed by atoms with E-state index in [0.717, 1.165) is 13.1 Å². The van der Waals surface area contributed by atoms with Crippen LogP contribution in [-0.4, -0.2) is 60.2 Å². The Morgan fingerprint density at radius 3 is 2.27 bits per heavy atom. The van der Waals surface area contributed by atoms with Gasteiger partial charge in [0.25, 0.3) is 0 Å². The van der Waals surface area contributed by atoms with Crippen molar-refractivity contribution in [3.63, 3.8) is 0 Å². The van der Waals surface area contributed by atoms with E-state index in [1.807, 2.05) is 11.9 Å². The lowest BCUT2D eigenvalue weighted by atomic mass is 10.3. The van der Waals surface area contributed by atoms with E-state index in [4.69, 9.17) is 0 Å². The molecule has 1 amide bonds. The number of thioether (sulfide) groups is 1. The first-order valence-electron chi connectivity index (χ1n) is 4.55. The molecule has 0 aliphatic carbocycles. The summed E-state index contributed by atoms with van der Waals surface area (Å²) in [5.41, 5.74) is -4.32. The van der Waals surface area contributed by atoms with Crippen molar-refractivity contribution < 1.29 is 18.0 Å². The number of carbonyl (C=O) groups is 1. The Kier molecular flexibility index (Phi) is 4.27. The van der Waals surface area contributed by atoms with Crippen molar-refractivity contribution >= 4 is 17.7 Å². The minimum Gasteiger partial charge on any atom is -0.339 e. The number of piperazine rings is 1. The second kappa shape index (κ2) is 5.07. The van der Waals surface area contributed by atoms with Gasteiger partial charge >= 0.3 is 5.51 Å². The Labute approximate surface area is 90.6 Å². The molecule has 88 valence electrons. The summed E-state index contributed by atoms with van der Waals surface area (Å²) in [5.74, 6) is -0.932. The second-order valence-electron chi connectivity index (χ2n) is 3.42. The normalized spacial score (nSPS) is 19.3. The second-order valence-corrected chi connectivity index (χ2v) is 4.46. The van der Waals surface area contributed by atoms with Gasteiger partial charge in [0.1, 0.15) is 0 Å². The van der Waals surface area contributed by atoms with Crippen LogP contribution >= 0.6 is 11.8 Å². The summed E-state index contributed by atoms with van der Waals surface area (Å²) in [4.78, 5) is 14.9. The van der Waals surface area contributed by atoms with Gasteiger partial charge in [-0.25, -0.2) is 0 Å². The van der Waals surface area contributed by atoms with E-state index in [1.54, 1.807) is 0 Å². The highest BCUT2D eigenvalue weighted by Crippen LogP contribution is 2.30. The van der Waals surface area contributed by atoms with Gasteiger partial charge in [0.2, 0.25) is 5.91 Å². The highest BCUT2D eigenvalue weighted by Gasteiger charge is 2.30. The summed E-state index contributed by atoms with van der Waals surface area (Å²) >= 11 is -0.269. The lowest BCUT2D eigenvalue weighted by Crippen LogP contribution is -2.47. The molecule has 15 heavy (non-hydrogen) atoms. The largest absolute Gasteiger partial charge is 0.442 e. The van der Waals surface area contributed by atoms with Crippen LogP contribution in [0.1, 0.15) is 0 Å². The van der Waals surface area contributed by atoms with Crippen LogP contribution in [0.3, 0.4) is 0 Å². The highest BCUT2D eigenvalue weighted by molar-refractivity contribution is 8.00. The maximum atomic E-state index is 11.8. The van der Waals surface area contributed by atoms with Gasteiger partial charge in [0, 0.05) is 26.2 Å².